The van der Waals surface area contributed by atoms with Crippen LogP contribution in [0.2, 0.25) is 0 Å². The summed E-state index contributed by atoms with van der Waals surface area (Å²) < 4.78 is 7.89. The van der Waals surface area contributed by atoms with Crippen molar-refractivity contribution in [2.24, 2.45) is 0 Å². The van der Waals surface area contributed by atoms with E-state index in [2.05, 4.69) is 46.5 Å². The normalized spacial score (nSPS) is 17.7. The third kappa shape index (κ3) is 5.49. The summed E-state index contributed by atoms with van der Waals surface area (Å²) in [7, 11) is 2.15. The fourth-order valence-corrected chi connectivity index (χ4v) is 8.05. The molecule has 0 fully saturated rings. The number of carbonyl (C=O) groups is 2. The Hall–Kier alpha value is -2.62. The predicted molar refractivity (Wildman–Crippen MR) is 150 cm³/mol. The van der Waals surface area contributed by atoms with Crippen molar-refractivity contribution >= 4 is 39.7 Å². The van der Waals surface area contributed by atoms with Crippen molar-refractivity contribution < 1.29 is 14.3 Å². The van der Waals surface area contributed by atoms with E-state index in [-0.39, 0.29) is 17.9 Å². The molecule has 0 spiro atoms. The summed E-state index contributed by atoms with van der Waals surface area (Å²) >= 11 is 3.32. The maximum absolute atomic E-state index is 13.3. The number of nitrogens with zero attached hydrogens (tertiary/aromatic N) is 2. The first kappa shape index (κ1) is 26.0. The van der Waals surface area contributed by atoms with Gasteiger partial charge >= 0.3 is 12.0 Å². The Kier molecular flexibility index (Phi) is 7.22. The van der Waals surface area contributed by atoms with Crippen molar-refractivity contribution in [1.82, 2.24) is 14.8 Å². The maximum Gasteiger partial charge on any atom is 0.341 e. The Balaban J connectivity index is 1.38. The van der Waals surface area contributed by atoms with Crippen LogP contribution in [0.3, 0.4) is 0 Å². The van der Waals surface area contributed by atoms with E-state index >= 15 is 0 Å². The molecule has 5 rings (SSSR count). The molecule has 1 unspecified atom stereocenters. The number of aryl methyl sites for hydroxylation is 1. The average Bonchev–Trinajstić information content (AvgIpc) is 3.53. The summed E-state index contributed by atoms with van der Waals surface area (Å²) in [6, 6.07) is 3.74. The minimum Gasteiger partial charge on any atom is -0.456 e. The highest BCUT2D eigenvalue weighted by atomic mass is 32.1. The first-order chi connectivity index (χ1) is 17.6. The number of aromatic nitrogens is 1. The molecule has 9 heteroatoms. The molecule has 1 aliphatic carbocycles. The molecule has 1 atom stereocenters. The van der Waals surface area contributed by atoms with Gasteiger partial charge in [-0.15, -0.1) is 22.7 Å². The maximum atomic E-state index is 13.3. The van der Waals surface area contributed by atoms with Crippen LogP contribution < -0.4 is 10.6 Å². The number of rotatable bonds is 5. The fourth-order valence-electron chi connectivity index (χ4n) is 5.29. The predicted octanol–water partition coefficient (Wildman–Crippen LogP) is 6.31. The van der Waals surface area contributed by atoms with Gasteiger partial charge in [0.15, 0.2) is 0 Å². The Morgan fingerprint density at radius 2 is 1.89 bits per heavy atom. The van der Waals surface area contributed by atoms with Gasteiger partial charge in [0.25, 0.3) is 0 Å². The van der Waals surface area contributed by atoms with Crippen molar-refractivity contribution in [2.75, 3.05) is 18.9 Å². The Labute approximate surface area is 226 Å². The molecule has 4 heterocycles. The van der Waals surface area contributed by atoms with Crippen molar-refractivity contribution in [2.45, 2.75) is 78.0 Å². The lowest BCUT2D eigenvalue weighted by Crippen LogP contribution is -2.31. The topological polar surface area (TPSA) is 75.6 Å². The molecule has 0 bridgehead atoms. The number of nitrogens with one attached hydrogen (secondary N) is 2. The monoisotopic (exact) mass is 540 g/mol. The molecule has 0 radical (unpaired) electrons. The number of likely N-dealkylation sites (N-methyl/N-ethyl adjacent to an activating group) is 1. The summed E-state index contributed by atoms with van der Waals surface area (Å²) in [5.41, 5.74) is 3.49. The zero-order chi connectivity index (χ0) is 26.3. The number of hydrogen-bond acceptors (Lipinski definition) is 6. The quantitative estimate of drug-likeness (QED) is 0.372. The number of thiophene rings is 2. The summed E-state index contributed by atoms with van der Waals surface area (Å²) in [6.07, 6.45) is 8.13. The number of urea groups is 1. The van der Waals surface area contributed by atoms with Gasteiger partial charge in [0.2, 0.25) is 0 Å². The molecule has 0 saturated heterocycles. The van der Waals surface area contributed by atoms with E-state index in [1.807, 2.05) is 32.9 Å². The van der Waals surface area contributed by atoms with E-state index in [1.165, 1.54) is 32.2 Å². The zero-order valence-electron chi connectivity index (χ0n) is 22.3. The minimum absolute atomic E-state index is 0.265. The average molecular weight is 541 g/mol. The van der Waals surface area contributed by atoms with Crippen LogP contribution in [0.1, 0.15) is 83.3 Å². The van der Waals surface area contributed by atoms with Gasteiger partial charge in [-0.05, 0) is 82.7 Å². The molecule has 2 N–H and O–H groups in total. The van der Waals surface area contributed by atoms with Crippen LogP contribution in [0.15, 0.2) is 24.5 Å². The second-order valence-corrected chi connectivity index (χ2v) is 13.3. The van der Waals surface area contributed by atoms with Gasteiger partial charge in [0, 0.05) is 47.3 Å². The Morgan fingerprint density at radius 3 is 2.62 bits per heavy atom. The summed E-state index contributed by atoms with van der Waals surface area (Å²) in [4.78, 5) is 31.3. The molecule has 2 amide bonds. The number of hydrogen-bond donors (Lipinski definition) is 2. The van der Waals surface area contributed by atoms with Crippen LogP contribution in [0.4, 0.5) is 9.80 Å². The number of ether oxygens (including phenoxy) is 1. The number of anilines is 1. The third-order valence-corrected chi connectivity index (χ3v) is 9.44. The SMILES string of the molecule is CC1CCCc2sc(NC(=O)NCc3c(-n4cccc4)sc4c3CCN(C)C4)c(C(=O)OC(C)(C)C)c21. The lowest BCUT2D eigenvalue weighted by Gasteiger charge is -2.23. The van der Waals surface area contributed by atoms with Crippen LogP contribution in [0.5, 0.6) is 0 Å². The van der Waals surface area contributed by atoms with Crippen LogP contribution in [-0.2, 0) is 30.7 Å². The lowest BCUT2D eigenvalue weighted by atomic mass is 9.86. The minimum atomic E-state index is -0.607. The number of esters is 1. The smallest absolute Gasteiger partial charge is 0.341 e. The second-order valence-electron chi connectivity index (χ2n) is 11.1. The Morgan fingerprint density at radius 1 is 1.14 bits per heavy atom. The van der Waals surface area contributed by atoms with Crippen LogP contribution >= 0.6 is 22.7 Å². The van der Waals surface area contributed by atoms with Gasteiger partial charge in [-0.3, -0.25) is 5.32 Å². The molecular weight excluding hydrogens is 504 g/mol. The van der Waals surface area contributed by atoms with Crippen molar-refractivity contribution in [3.63, 3.8) is 0 Å². The van der Waals surface area contributed by atoms with Gasteiger partial charge in [-0.1, -0.05) is 6.92 Å². The highest BCUT2D eigenvalue weighted by Crippen LogP contribution is 2.44. The first-order valence-electron chi connectivity index (χ1n) is 13.0. The van der Waals surface area contributed by atoms with E-state index in [0.29, 0.717) is 17.1 Å². The van der Waals surface area contributed by atoms with Crippen LogP contribution in [-0.4, -0.2) is 40.7 Å². The molecule has 198 valence electrons. The fraction of sp³-hybridized carbons (Fsp3) is 0.500. The summed E-state index contributed by atoms with van der Waals surface area (Å²) in [5.74, 6) is -0.0966. The molecular formula is C28H36N4O3S2. The zero-order valence-corrected chi connectivity index (χ0v) is 23.9. The molecule has 37 heavy (non-hydrogen) atoms. The second kappa shape index (κ2) is 10.3. The standard InChI is InChI=1S/C28H36N4O3S2/c1-17-9-8-10-20-22(17)23(26(33)35-28(2,3)4)24(36-20)30-27(34)29-15-19-18-11-14-31(5)16-21(18)37-25(19)32-12-6-7-13-32/h6-7,12-13,17H,8-11,14-16H2,1-5H3,(H2,29,30,34). The van der Waals surface area contributed by atoms with Gasteiger partial charge in [-0.2, -0.15) is 0 Å². The highest BCUT2D eigenvalue weighted by Gasteiger charge is 2.33. The number of fused-ring (bicyclic) bond motifs is 2. The number of carbonyl (C=O) groups excluding carboxylic acids is 2. The van der Waals surface area contributed by atoms with Gasteiger partial charge in [-0.25, -0.2) is 9.59 Å². The molecule has 3 aromatic heterocycles. The van der Waals surface area contributed by atoms with E-state index < -0.39 is 5.60 Å². The van der Waals surface area contributed by atoms with Crippen molar-refractivity contribution in [1.29, 1.82) is 0 Å². The lowest BCUT2D eigenvalue weighted by molar-refractivity contribution is 0.00693. The van der Waals surface area contributed by atoms with E-state index in [1.54, 1.807) is 11.3 Å². The first-order valence-corrected chi connectivity index (χ1v) is 14.6. The molecule has 7 nitrogen and oxygen atoms in total. The third-order valence-electron chi connectivity index (χ3n) is 6.99. The number of amides is 2. The summed E-state index contributed by atoms with van der Waals surface area (Å²) in [6.45, 7) is 10.1. The van der Waals surface area contributed by atoms with E-state index in [9.17, 15) is 9.59 Å². The van der Waals surface area contributed by atoms with Crippen LogP contribution in [0.25, 0.3) is 5.00 Å². The van der Waals surface area contributed by atoms with Gasteiger partial charge < -0.3 is 19.5 Å². The molecule has 1 aliphatic heterocycles. The van der Waals surface area contributed by atoms with Crippen molar-refractivity contribution in [3.05, 3.63) is 56.5 Å². The van der Waals surface area contributed by atoms with Crippen LogP contribution in [0, 0.1) is 0 Å². The molecule has 2 aliphatic rings. The van der Waals surface area contributed by atoms with E-state index in [0.717, 1.165) is 49.3 Å². The molecule has 0 saturated carbocycles. The summed E-state index contributed by atoms with van der Waals surface area (Å²) in [5, 5.41) is 7.84. The van der Waals surface area contributed by atoms with Crippen molar-refractivity contribution in [3.8, 4) is 5.00 Å². The van der Waals surface area contributed by atoms with E-state index in [4.69, 9.17) is 4.74 Å². The molecule has 3 aromatic rings. The van der Waals surface area contributed by atoms with Gasteiger partial charge in [0.1, 0.15) is 15.6 Å². The molecule has 0 aromatic carbocycles. The highest BCUT2D eigenvalue weighted by molar-refractivity contribution is 7.17. The Bertz CT molecular complexity index is 1300. The van der Waals surface area contributed by atoms with Gasteiger partial charge in [0.05, 0.1) is 5.56 Å². The largest absolute Gasteiger partial charge is 0.456 e.